The second kappa shape index (κ2) is 11.6. The monoisotopic (exact) mass is 299 g/mol. The lowest BCUT2D eigenvalue weighted by Crippen LogP contribution is -2.32. The molecular formula is C17H33NO3. The van der Waals surface area contributed by atoms with Crippen molar-refractivity contribution in [2.45, 2.75) is 71.8 Å². The average Bonchev–Trinajstić information content (AvgIpc) is 2.38. The van der Waals surface area contributed by atoms with Gasteiger partial charge in [-0.2, -0.15) is 0 Å². The summed E-state index contributed by atoms with van der Waals surface area (Å²) in [6.45, 7) is 8.57. The summed E-state index contributed by atoms with van der Waals surface area (Å²) >= 11 is 0. The molecule has 2 N–H and O–H groups in total. The van der Waals surface area contributed by atoms with Gasteiger partial charge in [0, 0.05) is 13.2 Å². The van der Waals surface area contributed by atoms with Crippen molar-refractivity contribution in [1.82, 2.24) is 5.32 Å². The summed E-state index contributed by atoms with van der Waals surface area (Å²) in [7, 11) is 0. The number of carbonyl (C=O) groups is 1. The van der Waals surface area contributed by atoms with E-state index in [0.29, 0.717) is 12.5 Å². The predicted molar refractivity (Wildman–Crippen MR) is 87.3 cm³/mol. The summed E-state index contributed by atoms with van der Waals surface area (Å²) in [5, 5.41) is 11.7. The van der Waals surface area contributed by atoms with E-state index in [-0.39, 0.29) is 12.7 Å². The summed E-state index contributed by atoms with van der Waals surface area (Å²) in [6.07, 6.45) is 10.5. The predicted octanol–water partition coefficient (Wildman–Crippen LogP) is 4.04. The number of carbonyl (C=O) groups excluding carboxylic acids is 1. The molecule has 4 heteroatoms. The number of amides is 1. The van der Waals surface area contributed by atoms with Gasteiger partial charge in [-0.15, -0.1) is 0 Å². The first kappa shape index (κ1) is 20.0. The molecule has 0 aromatic heterocycles. The molecule has 0 fully saturated rings. The van der Waals surface area contributed by atoms with Gasteiger partial charge in [-0.1, -0.05) is 31.9 Å². The zero-order valence-electron chi connectivity index (χ0n) is 14.2. The van der Waals surface area contributed by atoms with E-state index in [2.05, 4.69) is 17.5 Å². The van der Waals surface area contributed by atoms with E-state index in [1.165, 1.54) is 12.8 Å². The van der Waals surface area contributed by atoms with Gasteiger partial charge in [0.2, 0.25) is 0 Å². The largest absolute Gasteiger partial charge is 0.444 e. The Hall–Kier alpha value is -1.03. The molecule has 0 rings (SSSR count). The molecule has 0 heterocycles. The first-order chi connectivity index (χ1) is 9.85. The van der Waals surface area contributed by atoms with Crippen LogP contribution in [-0.2, 0) is 4.74 Å². The van der Waals surface area contributed by atoms with Gasteiger partial charge in [-0.05, 0) is 52.4 Å². The molecule has 4 nitrogen and oxygen atoms in total. The number of aliphatic hydroxyl groups excluding tert-OH is 1. The van der Waals surface area contributed by atoms with Crippen molar-refractivity contribution in [3.8, 4) is 0 Å². The Morgan fingerprint density at radius 3 is 2.48 bits per heavy atom. The van der Waals surface area contributed by atoms with Crippen LogP contribution in [0.1, 0.15) is 66.2 Å². The molecule has 1 amide bonds. The van der Waals surface area contributed by atoms with Crippen molar-refractivity contribution in [1.29, 1.82) is 0 Å². The lowest BCUT2D eigenvalue weighted by Gasteiger charge is -2.19. The maximum absolute atomic E-state index is 11.4. The summed E-state index contributed by atoms with van der Waals surface area (Å²) in [5.74, 6) is 0.361. The average molecular weight is 299 g/mol. The fraction of sp³-hybridized carbons (Fsp3) is 0.824. The maximum atomic E-state index is 11.4. The number of rotatable bonds is 10. The summed E-state index contributed by atoms with van der Waals surface area (Å²) in [6, 6.07) is 0. The van der Waals surface area contributed by atoms with Gasteiger partial charge in [0.15, 0.2) is 0 Å². The second-order valence-electron chi connectivity index (χ2n) is 6.63. The van der Waals surface area contributed by atoms with Gasteiger partial charge in [-0.3, -0.25) is 0 Å². The number of ether oxygens (including phenoxy) is 1. The molecule has 0 aromatic carbocycles. The maximum Gasteiger partial charge on any atom is 0.407 e. The Labute approximate surface area is 130 Å². The van der Waals surface area contributed by atoms with Crippen LogP contribution in [0.25, 0.3) is 0 Å². The van der Waals surface area contributed by atoms with Crippen molar-refractivity contribution < 1.29 is 14.6 Å². The molecule has 0 saturated carbocycles. The Morgan fingerprint density at radius 1 is 1.19 bits per heavy atom. The summed E-state index contributed by atoms with van der Waals surface area (Å²) in [4.78, 5) is 11.4. The first-order valence-electron chi connectivity index (χ1n) is 8.08. The topological polar surface area (TPSA) is 58.6 Å². The van der Waals surface area contributed by atoms with Gasteiger partial charge in [0.1, 0.15) is 5.60 Å². The zero-order valence-corrected chi connectivity index (χ0v) is 14.2. The van der Waals surface area contributed by atoms with E-state index in [9.17, 15) is 4.79 Å². The van der Waals surface area contributed by atoms with Gasteiger partial charge < -0.3 is 15.2 Å². The molecule has 124 valence electrons. The van der Waals surface area contributed by atoms with Gasteiger partial charge in [-0.25, -0.2) is 4.79 Å². The van der Waals surface area contributed by atoms with E-state index in [1.807, 2.05) is 27.7 Å². The van der Waals surface area contributed by atoms with Gasteiger partial charge >= 0.3 is 6.09 Å². The van der Waals surface area contributed by atoms with Crippen molar-refractivity contribution >= 4 is 6.09 Å². The van der Waals surface area contributed by atoms with Crippen LogP contribution in [0.4, 0.5) is 4.79 Å². The molecule has 1 unspecified atom stereocenters. The Morgan fingerprint density at radius 2 is 1.86 bits per heavy atom. The van der Waals surface area contributed by atoms with Crippen LogP contribution in [0, 0.1) is 5.92 Å². The minimum Gasteiger partial charge on any atom is -0.444 e. The third-order valence-corrected chi connectivity index (χ3v) is 2.98. The molecule has 1 atom stereocenters. The minimum absolute atomic E-state index is 0.259. The van der Waals surface area contributed by atoms with Crippen LogP contribution in [0.2, 0.25) is 0 Å². The van der Waals surface area contributed by atoms with Crippen LogP contribution in [0.5, 0.6) is 0 Å². The number of hydrogen-bond acceptors (Lipinski definition) is 3. The molecule has 0 radical (unpaired) electrons. The van der Waals surface area contributed by atoms with Crippen molar-refractivity contribution in [2.24, 2.45) is 5.92 Å². The SMILES string of the molecule is CC(CO)C/C=C/CCCCCCNC(=O)OC(C)(C)C. The van der Waals surface area contributed by atoms with E-state index in [0.717, 1.165) is 25.7 Å². The highest BCUT2D eigenvalue weighted by Gasteiger charge is 2.15. The number of allylic oxidation sites excluding steroid dienone is 2. The Balaban J connectivity index is 3.35. The van der Waals surface area contributed by atoms with Crippen LogP contribution in [0.3, 0.4) is 0 Å². The van der Waals surface area contributed by atoms with E-state index in [1.54, 1.807) is 0 Å². The molecule has 0 aliphatic rings. The minimum atomic E-state index is -0.427. The molecule has 21 heavy (non-hydrogen) atoms. The van der Waals surface area contributed by atoms with E-state index in [4.69, 9.17) is 9.84 Å². The smallest absolute Gasteiger partial charge is 0.407 e. The number of alkyl carbamates (subject to hydrolysis) is 1. The molecule has 0 aliphatic carbocycles. The van der Waals surface area contributed by atoms with Crippen LogP contribution in [-0.4, -0.2) is 30.0 Å². The number of nitrogens with one attached hydrogen (secondary N) is 1. The van der Waals surface area contributed by atoms with Crippen LogP contribution < -0.4 is 5.32 Å². The van der Waals surface area contributed by atoms with Crippen molar-refractivity contribution in [3.63, 3.8) is 0 Å². The lowest BCUT2D eigenvalue weighted by molar-refractivity contribution is 0.0527. The third-order valence-electron chi connectivity index (χ3n) is 2.98. The summed E-state index contributed by atoms with van der Waals surface area (Å²) in [5.41, 5.74) is -0.427. The summed E-state index contributed by atoms with van der Waals surface area (Å²) < 4.78 is 5.16. The van der Waals surface area contributed by atoms with Crippen LogP contribution >= 0.6 is 0 Å². The number of unbranched alkanes of at least 4 members (excludes halogenated alkanes) is 4. The lowest BCUT2D eigenvalue weighted by atomic mass is 10.1. The highest BCUT2D eigenvalue weighted by atomic mass is 16.6. The molecular weight excluding hydrogens is 266 g/mol. The van der Waals surface area contributed by atoms with Crippen LogP contribution in [0.15, 0.2) is 12.2 Å². The normalized spacial score (nSPS) is 13.4. The fourth-order valence-corrected chi connectivity index (χ4v) is 1.77. The molecule has 0 aromatic rings. The first-order valence-corrected chi connectivity index (χ1v) is 8.08. The molecule has 0 bridgehead atoms. The molecule has 0 saturated heterocycles. The number of hydrogen-bond donors (Lipinski definition) is 2. The van der Waals surface area contributed by atoms with Crippen molar-refractivity contribution in [2.75, 3.05) is 13.2 Å². The zero-order chi connectivity index (χ0) is 16.1. The molecule has 0 aliphatic heterocycles. The van der Waals surface area contributed by atoms with E-state index < -0.39 is 5.60 Å². The Bertz CT molecular complexity index is 295. The second-order valence-corrected chi connectivity index (χ2v) is 6.63. The third kappa shape index (κ3) is 15.2. The standard InChI is InChI=1S/C17H33NO3/c1-15(14-19)12-10-8-6-5-7-9-11-13-18-16(20)21-17(2,3)4/h8,10,15,19H,5-7,9,11-14H2,1-4H3,(H,18,20)/b10-8+. The van der Waals surface area contributed by atoms with Crippen molar-refractivity contribution in [3.05, 3.63) is 12.2 Å². The quantitative estimate of drug-likeness (QED) is 0.473. The number of aliphatic hydroxyl groups is 1. The fourth-order valence-electron chi connectivity index (χ4n) is 1.77. The highest BCUT2D eigenvalue weighted by Crippen LogP contribution is 2.07. The van der Waals surface area contributed by atoms with E-state index >= 15 is 0 Å². The molecule has 0 spiro atoms. The highest BCUT2D eigenvalue weighted by molar-refractivity contribution is 5.67. The van der Waals surface area contributed by atoms with Gasteiger partial charge in [0.25, 0.3) is 0 Å². The van der Waals surface area contributed by atoms with Gasteiger partial charge in [0.05, 0.1) is 0 Å². The Kier molecular flexibility index (Phi) is 11.0.